The fourth-order valence-corrected chi connectivity index (χ4v) is 2.27. The molecular weight excluding hydrogens is 376 g/mol. The maximum absolute atomic E-state index is 11.9. The molecule has 24 heavy (non-hydrogen) atoms. The molecule has 2 rings (SSSR count). The molecule has 0 atom stereocenters. The molecule has 0 saturated carbocycles. The predicted molar refractivity (Wildman–Crippen MR) is 93.8 cm³/mol. The van der Waals surface area contributed by atoms with Gasteiger partial charge in [0, 0.05) is 22.8 Å². The molecule has 0 spiro atoms. The molecule has 0 saturated heterocycles. The molecule has 2 amide bonds. The summed E-state index contributed by atoms with van der Waals surface area (Å²) in [5.41, 5.74) is 1.47. The van der Waals surface area contributed by atoms with E-state index in [1.807, 2.05) is 6.07 Å². The van der Waals surface area contributed by atoms with Gasteiger partial charge in [0.1, 0.15) is 0 Å². The Labute approximate surface area is 147 Å². The number of hydrogen-bond donors (Lipinski definition) is 2. The molecule has 2 N–H and O–H groups in total. The zero-order chi connectivity index (χ0) is 17.5. The molecule has 0 bridgehead atoms. The zero-order valence-electron chi connectivity index (χ0n) is 12.8. The fraction of sp³-hybridized carbons (Fsp3) is 0.118. The summed E-state index contributed by atoms with van der Waals surface area (Å²) in [6.45, 7) is 1.00. The van der Waals surface area contributed by atoms with Crippen LogP contribution in [0.2, 0.25) is 0 Å². The lowest BCUT2D eigenvalue weighted by molar-refractivity contribution is -0.119. The monoisotopic (exact) mass is 390 g/mol. The van der Waals surface area contributed by atoms with E-state index in [1.54, 1.807) is 30.3 Å². The summed E-state index contributed by atoms with van der Waals surface area (Å²) in [5, 5.41) is 5.22. The lowest BCUT2D eigenvalue weighted by Crippen LogP contribution is -2.20. The third-order valence-electron chi connectivity index (χ3n) is 2.88. The van der Waals surface area contributed by atoms with Crippen molar-refractivity contribution >= 4 is 45.1 Å². The number of benzene rings is 2. The van der Waals surface area contributed by atoms with E-state index in [0.29, 0.717) is 16.9 Å². The van der Waals surface area contributed by atoms with Gasteiger partial charge in [0.25, 0.3) is 5.91 Å². The largest absolute Gasteiger partial charge is 0.452 e. The van der Waals surface area contributed by atoms with Gasteiger partial charge in [-0.05, 0) is 42.5 Å². The first kappa shape index (κ1) is 17.7. The first-order valence-corrected chi connectivity index (χ1v) is 7.83. The van der Waals surface area contributed by atoms with Gasteiger partial charge >= 0.3 is 5.97 Å². The van der Waals surface area contributed by atoms with Crippen molar-refractivity contribution in [1.82, 2.24) is 0 Å². The minimum Gasteiger partial charge on any atom is -0.452 e. The summed E-state index contributed by atoms with van der Waals surface area (Å²) >= 11 is 3.30. The van der Waals surface area contributed by atoms with Crippen molar-refractivity contribution in [1.29, 1.82) is 0 Å². The van der Waals surface area contributed by atoms with E-state index in [-0.39, 0.29) is 5.91 Å². The number of carbonyl (C=O) groups is 3. The van der Waals surface area contributed by atoms with Crippen LogP contribution in [0.15, 0.2) is 53.0 Å². The van der Waals surface area contributed by atoms with Gasteiger partial charge in [0.2, 0.25) is 5.91 Å². The standard InChI is InChI=1S/C17H15BrN2O4/c1-11(21)19-14-7-5-12(6-8-14)17(23)24-10-16(22)20-15-4-2-3-13(18)9-15/h2-9H,10H2,1H3,(H,19,21)(H,20,22). The molecule has 0 aliphatic heterocycles. The van der Waals surface area contributed by atoms with Crippen LogP contribution in [0.5, 0.6) is 0 Å². The van der Waals surface area contributed by atoms with E-state index in [4.69, 9.17) is 4.74 Å². The second-order valence-corrected chi connectivity index (χ2v) is 5.81. The van der Waals surface area contributed by atoms with Crippen molar-refractivity contribution < 1.29 is 19.1 Å². The highest BCUT2D eigenvalue weighted by molar-refractivity contribution is 9.10. The van der Waals surface area contributed by atoms with Gasteiger partial charge in [-0.1, -0.05) is 22.0 Å². The molecule has 2 aromatic carbocycles. The quantitative estimate of drug-likeness (QED) is 0.767. The Morgan fingerprint density at radius 1 is 1.00 bits per heavy atom. The molecule has 0 aliphatic carbocycles. The summed E-state index contributed by atoms with van der Waals surface area (Å²) in [5.74, 6) is -1.25. The Balaban J connectivity index is 1.86. The number of hydrogen-bond acceptors (Lipinski definition) is 4. The van der Waals surface area contributed by atoms with Crippen LogP contribution in [0.4, 0.5) is 11.4 Å². The third kappa shape index (κ3) is 5.51. The van der Waals surface area contributed by atoms with Crippen LogP contribution >= 0.6 is 15.9 Å². The van der Waals surface area contributed by atoms with Crippen molar-refractivity contribution in [3.8, 4) is 0 Å². The van der Waals surface area contributed by atoms with Crippen LogP contribution in [-0.4, -0.2) is 24.4 Å². The van der Waals surface area contributed by atoms with Crippen LogP contribution in [0.25, 0.3) is 0 Å². The van der Waals surface area contributed by atoms with Crippen molar-refractivity contribution in [2.75, 3.05) is 17.2 Å². The maximum atomic E-state index is 11.9. The Hall–Kier alpha value is -2.67. The Morgan fingerprint density at radius 3 is 2.33 bits per heavy atom. The first-order valence-electron chi connectivity index (χ1n) is 7.04. The molecule has 2 aromatic rings. The molecule has 0 aliphatic rings. The topological polar surface area (TPSA) is 84.5 Å². The Morgan fingerprint density at radius 2 is 1.71 bits per heavy atom. The van der Waals surface area contributed by atoms with E-state index >= 15 is 0 Å². The van der Waals surface area contributed by atoms with Gasteiger partial charge in [-0.2, -0.15) is 0 Å². The van der Waals surface area contributed by atoms with Gasteiger partial charge in [-0.15, -0.1) is 0 Å². The average Bonchev–Trinajstić information content (AvgIpc) is 2.53. The molecule has 6 nitrogen and oxygen atoms in total. The van der Waals surface area contributed by atoms with Gasteiger partial charge < -0.3 is 15.4 Å². The third-order valence-corrected chi connectivity index (χ3v) is 3.38. The summed E-state index contributed by atoms with van der Waals surface area (Å²) in [7, 11) is 0. The Bertz CT molecular complexity index is 759. The number of rotatable bonds is 5. The van der Waals surface area contributed by atoms with E-state index in [1.165, 1.54) is 19.1 Å². The summed E-state index contributed by atoms with van der Waals surface area (Å²) in [6.07, 6.45) is 0. The maximum Gasteiger partial charge on any atom is 0.338 e. The number of anilines is 2. The molecule has 0 fully saturated rings. The fourth-order valence-electron chi connectivity index (χ4n) is 1.87. The number of carbonyl (C=O) groups excluding carboxylic acids is 3. The van der Waals surface area contributed by atoms with Crippen molar-refractivity contribution in [3.63, 3.8) is 0 Å². The number of esters is 1. The van der Waals surface area contributed by atoms with E-state index in [0.717, 1.165) is 4.47 Å². The highest BCUT2D eigenvalue weighted by Crippen LogP contribution is 2.15. The van der Waals surface area contributed by atoms with Gasteiger partial charge in [-0.3, -0.25) is 9.59 Å². The smallest absolute Gasteiger partial charge is 0.338 e. The molecule has 0 unspecified atom stereocenters. The normalized spacial score (nSPS) is 9.92. The van der Waals surface area contributed by atoms with Gasteiger partial charge in [0.15, 0.2) is 6.61 Å². The highest BCUT2D eigenvalue weighted by Gasteiger charge is 2.10. The molecule has 124 valence electrons. The van der Waals surface area contributed by atoms with Crippen LogP contribution in [0, 0.1) is 0 Å². The second-order valence-electron chi connectivity index (χ2n) is 4.89. The van der Waals surface area contributed by atoms with E-state index < -0.39 is 18.5 Å². The number of amides is 2. The van der Waals surface area contributed by atoms with E-state index in [2.05, 4.69) is 26.6 Å². The number of ether oxygens (including phenoxy) is 1. The van der Waals surface area contributed by atoms with E-state index in [9.17, 15) is 14.4 Å². The first-order chi connectivity index (χ1) is 11.4. The summed E-state index contributed by atoms with van der Waals surface area (Å²) < 4.78 is 5.79. The van der Waals surface area contributed by atoms with Crippen molar-refractivity contribution in [3.05, 3.63) is 58.6 Å². The summed E-state index contributed by atoms with van der Waals surface area (Å²) in [4.78, 5) is 34.6. The zero-order valence-corrected chi connectivity index (χ0v) is 14.4. The predicted octanol–water partition coefficient (Wildman–Crippen LogP) is 3.20. The van der Waals surface area contributed by atoms with Crippen LogP contribution < -0.4 is 10.6 Å². The minimum atomic E-state index is -0.617. The van der Waals surface area contributed by atoms with Crippen molar-refractivity contribution in [2.24, 2.45) is 0 Å². The van der Waals surface area contributed by atoms with Crippen LogP contribution in [-0.2, 0) is 14.3 Å². The van der Waals surface area contributed by atoms with Gasteiger partial charge in [0.05, 0.1) is 5.56 Å². The summed E-state index contributed by atoms with van der Waals surface area (Å²) in [6, 6.07) is 13.3. The lowest BCUT2D eigenvalue weighted by Gasteiger charge is -2.07. The van der Waals surface area contributed by atoms with Crippen LogP contribution in [0.1, 0.15) is 17.3 Å². The number of nitrogens with one attached hydrogen (secondary N) is 2. The SMILES string of the molecule is CC(=O)Nc1ccc(C(=O)OCC(=O)Nc2cccc(Br)c2)cc1. The minimum absolute atomic E-state index is 0.199. The van der Waals surface area contributed by atoms with Crippen molar-refractivity contribution in [2.45, 2.75) is 6.92 Å². The number of halogens is 1. The average molecular weight is 391 g/mol. The second kappa shape index (κ2) is 8.26. The highest BCUT2D eigenvalue weighted by atomic mass is 79.9. The molecule has 0 aromatic heterocycles. The molecule has 0 radical (unpaired) electrons. The molecular formula is C17H15BrN2O4. The Kier molecular flexibility index (Phi) is 6.08. The van der Waals surface area contributed by atoms with Crippen LogP contribution in [0.3, 0.4) is 0 Å². The van der Waals surface area contributed by atoms with Gasteiger partial charge in [-0.25, -0.2) is 4.79 Å². The molecule has 7 heteroatoms. The molecule has 0 heterocycles. The lowest BCUT2D eigenvalue weighted by atomic mass is 10.2.